The Balaban J connectivity index is 1.82. The van der Waals surface area contributed by atoms with E-state index in [0.717, 1.165) is 31.3 Å². The van der Waals surface area contributed by atoms with E-state index in [1.54, 1.807) is 0 Å². The minimum Gasteiger partial charge on any atom is -0.458 e. The van der Waals surface area contributed by atoms with E-state index in [1.165, 1.54) is 25.3 Å². The third-order valence-electron chi connectivity index (χ3n) is 6.31. The van der Waals surface area contributed by atoms with Gasteiger partial charge in [-0.05, 0) is 30.8 Å². The molecule has 0 N–H and O–H groups in total. The van der Waals surface area contributed by atoms with E-state index in [-0.39, 0.29) is 35.5 Å². The molecule has 0 bridgehead atoms. The summed E-state index contributed by atoms with van der Waals surface area (Å²) >= 11 is 0. The molecule has 0 aromatic heterocycles. The molecule has 1 unspecified atom stereocenters. The molecule has 2 fully saturated rings. The number of ether oxygens (including phenoxy) is 2. The Morgan fingerprint density at radius 1 is 1.35 bits per heavy atom. The molecular weight excluding hydrogens is 292 g/mol. The summed E-state index contributed by atoms with van der Waals surface area (Å²) in [5, 5.41) is 0. The molecule has 3 rings (SSSR count). The highest BCUT2D eigenvalue weighted by Gasteiger charge is 2.69. The smallest absolute Gasteiger partial charge is 0.334 e. The molecule has 4 heteroatoms. The lowest BCUT2D eigenvalue weighted by Crippen LogP contribution is -2.52. The number of carbonyl (C=O) groups excluding carboxylic acids is 2. The Bertz CT molecular complexity index is 550. The lowest BCUT2D eigenvalue weighted by Gasteiger charge is -2.52. The summed E-state index contributed by atoms with van der Waals surface area (Å²) in [7, 11) is 0. The van der Waals surface area contributed by atoms with Gasteiger partial charge in [0.05, 0.1) is 0 Å². The number of esters is 2. The predicted molar refractivity (Wildman–Crippen MR) is 86.6 cm³/mol. The van der Waals surface area contributed by atoms with E-state index in [0.29, 0.717) is 5.92 Å². The highest BCUT2D eigenvalue weighted by Crippen LogP contribution is 2.67. The summed E-state index contributed by atoms with van der Waals surface area (Å²) < 4.78 is 11.3. The van der Waals surface area contributed by atoms with Gasteiger partial charge in [0.2, 0.25) is 0 Å². The van der Waals surface area contributed by atoms with E-state index in [2.05, 4.69) is 20.8 Å². The third-order valence-corrected chi connectivity index (χ3v) is 6.31. The Morgan fingerprint density at radius 2 is 2.09 bits per heavy atom. The highest BCUT2D eigenvalue weighted by molar-refractivity contribution is 5.91. The van der Waals surface area contributed by atoms with Crippen molar-refractivity contribution in [2.75, 3.05) is 0 Å². The molecule has 0 spiro atoms. The van der Waals surface area contributed by atoms with Crippen molar-refractivity contribution in [3.63, 3.8) is 0 Å². The monoisotopic (exact) mass is 320 g/mol. The van der Waals surface area contributed by atoms with Crippen molar-refractivity contribution >= 4 is 11.9 Å². The maximum absolute atomic E-state index is 12.5. The number of rotatable bonds is 6. The van der Waals surface area contributed by atoms with Crippen LogP contribution < -0.4 is 0 Å². The van der Waals surface area contributed by atoms with E-state index >= 15 is 0 Å². The number of carbonyl (C=O) groups is 2. The first kappa shape index (κ1) is 16.5. The standard InChI is InChI=1S/C19H28O4/c1-5-6-7-8-9-13-15-10-14-11(2)16(22-12(3)20)17(19(14,15)4)23-18(13)21/h11,14,16-17H,5-10H2,1-4H3/t11?,14-,16-,17+,19+/m0/s1. The van der Waals surface area contributed by atoms with Crippen LogP contribution in [0, 0.1) is 17.3 Å². The van der Waals surface area contributed by atoms with Crippen molar-refractivity contribution in [2.24, 2.45) is 17.3 Å². The molecule has 128 valence electrons. The van der Waals surface area contributed by atoms with Gasteiger partial charge in [-0.15, -0.1) is 0 Å². The predicted octanol–water partition coefficient (Wildman–Crippen LogP) is 3.79. The van der Waals surface area contributed by atoms with Crippen LogP contribution in [0.4, 0.5) is 0 Å². The molecule has 1 aliphatic heterocycles. The number of hydrogen-bond acceptors (Lipinski definition) is 4. The van der Waals surface area contributed by atoms with Gasteiger partial charge in [-0.3, -0.25) is 4.79 Å². The summed E-state index contributed by atoms with van der Waals surface area (Å²) in [5.41, 5.74) is 2.07. The summed E-state index contributed by atoms with van der Waals surface area (Å²) in [6.45, 7) is 7.93. The molecule has 23 heavy (non-hydrogen) atoms. The molecule has 0 aromatic rings. The van der Waals surface area contributed by atoms with Crippen LogP contribution in [-0.4, -0.2) is 24.1 Å². The van der Waals surface area contributed by atoms with Crippen LogP contribution in [0.5, 0.6) is 0 Å². The fraction of sp³-hybridized carbons (Fsp3) is 0.789. The molecule has 3 aliphatic rings. The van der Waals surface area contributed by atoms with E-state index in [9.17, 15) is 9.59 Å². The van der Waals surface area contributed by atoms with Gasteiger partial charge in [-0.25, -0.2) is 4.79 Å². The fourth-order valence-corrected chi connectivity index (χ4v) is 4.99. The van der Waals surface area contributed by atoms with E-state index in [4.69, 9.17) is 9.47 Å². The van der Waals surface area contributed by atoms with Crippen molar-refractivity contribution in [1.82, 2.24) is 0 Å². The van der Waals surface area contributed by atoms with Crippen molar-refractivity contribution in [1.29, 1.82) is 0 Å². The minimum absolute atomic E-state index is 0.118. The summed E-state index contributed by atoms with van der Waals surface area (Å²) in [4.78, 5) is 23.9. The van der Waals surface area contributed by atoms with Gasteiger partial charge in [0.15, 0.2) is 0 Å². The van der Waals surface area contributed by atoms with Crippen molar-refractivity contribution < 1.29 is 19.1 Å². The average Bonchev–Trinajstić information content (AvgIpc) is 2.65. The SMILES string of the molecule is CCCCCCC1=C2C[C@H]3C(C)[C@H](OC(C)=O)[C@@H](OC1=O)[C@@]23C. The van der Waals surface area contributed by atoms with E-state index in [1.807, 2.05) is 0 Å². The lowest BCUT2D eigenvalue weighted by molar-refractivity contribution is -0.172. The Morgan fingerprint density at radius 3 is 2.74 bits per heavy atom. The maximum atomic E-state index is 12.5. The zero-order valence-electron chi connectivity index (χ0n) is 14.7. The molecule has 0 saturated heterocycles. The quantitative estimate of drug-likeness (QED) is 0.552. The van der Waals surface area contributed by atoms with Gasteiger partial charge in [0.25, 0.3) is 0 Å². The summed E-state index contributed by atoms with van der Waals surface area (Å²) in [6.07, 6.45) is 5.81. The summed E-state index contributed by atoms with van der Waals surface area (Å²) in [6, 6.07) is 0. The summed E-state index contributed by atoms with van der Waals surface area (Å²) in [5.74, 6) is 0.220. The van der Waals surface area contributed by atoms with Crippen molar-refractivity contribution in [3.05, 3.63) is 11.1 Å². The second-order valence-corrected chi connectivity index (χ2v) is 7.62. The fourth-order valence-electron chi connectivity index (χ4n) is 4.99. The Kier molecular flexibility index (Phi) is 4.28. The molecular formula is C19H28O4. The first-order valence-corrected chi connectivity index (χ1v) is 9.02. The normalized spacial score (nSPS) is 38.0. The molecule has 2 aliphatic carbocycles. The second-order valence-electron chi connectivity index (χ2n) is 7.62. The van der Waals surface area contributed by atoms with Crippen LogP contribution in [0.25, 0.3) is 0 Å². The van der Waals surface area contributed by atoms with Gasteiger partial charge in [-0.2, -0.15) is 0 Å². The molecule has 2 saturated carbocycles. The average molecular weight is 320 g/mol. The molecule has 0 radical (unpaired) electrons. The number of hydrogen-bond donors (Lipinski definition) is 0. The van der Waals surface area contributed by atoms with Crippen LogP contribution >= 0.6 is 0 Å². The molecule has 4 nitrogen and oxygen atoms in total. The van der Waals surface area contributed by atoms with Gasteiger partial charge >= 0.3 is 11.9 Å². The van der Waals surface area contributed by atoms with Crippen LogP contribution in [0.1, 0.15) is 66.2 Å². The van der Waals surface area contributed by atoms with Crippen LogP contribution in [0.2, 0.25) is 0 Å². The highest BCUT2D eigenvalue weighted by atomic mass is 16.6. The van der Waals surface area contributed by atoms with Crippen LogP contribution in [-0.2, 0) is 19.1 Å². The third kappa shape index (κ3) is 2.41. The number of unbranched alkanes of at least 4 members (excludes halogenated alkanes) is 3. The lowest BCUT2D eigenvalue weighted by atomic mass is 9.54. The van der Waals surface area contributed by atoms with Gasteiger partial charge < -0.3 is 9.47 Å². The van der Waals surface area contributed by atoms with Gasteiger partial charge in [-0.1, -0.05) is 40.0 Å². The first-order valence-electron chi connectivity index (χ1n) is 9.02. The zero-order valence-corrected chi connectivity index (χ0v) is 14.7. The van der Waals surface area contributed by atoms with Crippen LogP contribution in [0.15, 0.2) is 11.1 Å². The maximum Gasteiger partial charge on any atom is 0.334 e. The Hall–Kier alpha value is -1.32. The molecule has 1 heterocycles. The van der Waals surface area contributed by atoms with Gasteiger partial charge in [0.1, 0.15) is 12.2 Å². The van der Waals surface area contributed by atoms with Crippen molar-refractivity contribution in [3.8, 4) is 0 Å². The molecule has 0 amide bonds. The largest absolute Gasteiger partial charge is 0.458 e. The molecule has 0 aromatic carbocycles. The topological polar surface area (TPSA) is 52.6 Å². The van der Waals surface area contributed by atoms with Crippen LogP contribution in [0.3, 0.4) is 0 Å². The Labute approximate surface area is 138 Å². The molecule has 5 atom stereocenters. The van der Waals surface area contributed by atoms with Crippen molar-refractivity contribution in [2.45, 2.75) is 78.4 Å². The first-order chi connectivity index (χ1) is 10.9. The second kappa shape index (κ2) is 5.95. The van der Waals surface area contributed by atoms with Gasteiger partial charge in [0, 0.05) is 23.8 Å². The minimum atomic E-state index is -0.304. The van der Waals surface area contributed by atoms with E-state index < -0.39 is 0 Å². The zero-order chi connectivity index (χ0) is 16.8.